The minimum atomic E-state index is -0.782. The van der Waals surface area contributed by atoms with Gasteiger partial charge in [0, 0.05) is 0 Å². The van der Waals surface area contributed by atoms with E-state index in [1.807, 2.05) is 66.7 Å². The van der Waals surface area contributed by atoms with E-state index in [-0.39, 0.29) is 6.61 Å². The Morgan fingerprint density at radius 3 is 2.20 bits per heavy atom. The molecule has 0 aliphatic heterocycles. The van der Waals surface area contributed by atoms with Crippen LogP contribution in [-0.4, -0.2) is 24.5 Å². The standard InChI is InChI=1S/C24H26N2O4/c1-16(2)18-8-11-21(12-9-18)29-15-23(27)25-26-24(28)17(3)30-22-13-10-19-6-4-5-7-20(19)14-22/h4-14,16-17H,15H2,1-3H3,(H,25,27)(H,26,28)/t17-/m0/s1. The third-order valence-electron chi connectivity index (χ3n) is 4.64. The molecule has 0 aliphatic carbocycles. The van der Waals surface area contributed by atoms with Gasteiger partial charge in [-0.2, -0.15) is 0 Å². The minimum Gasteiger partial charge on any atom is -0.484 e. The van der Waals surface area contributed by atoms with E-state index in [0.717, 1.165) is 10.8 Å². The summed E-state index contributed by atoms with van der Waals surface area (Å²) in [6, 6.07) is 21.1. The van der Waals surface area contributed by atoms with Gasteiger partial charge in [-0.25, -0.2) is 0 Å². The fourth-order valence-electron chi connectivity index (χ4n) is 2.87. The van der Waals surface area contributed by atoms with Crippen molar-refractivity contribution in [3.8, 4) is 11.5 Å². The van der Waals surface area contributed by atoms with Crippen LogP contribution >= 0.6 is 0 Å². The van der Waals surface area contributed by atoms with Gasteiger partial charge in [0.15, 0.2) is 12.7 Å². The van der Waals surface area contributed by atoms with Crippen molar-refractivity contribution in [3.63, 3.8) is 0 Å². The molecule has 0 fully saturated rings. The lowest BCUT2D eigenvalue weighted by Crippen LogP contribution is -2.48. The normalized spacial score (nSPS) is 11.7. The monoisotopic (exact) mass is 406 g/mol. The van der Waals surface area contributed by atoms with Crippen LogP contribution in [0.3, 0.4) is 0 Å². The average molecular weight is 406 g/mol. The number of benzene rings is 3. The molecule has 0 bridgehead atoms. The molecule has 6 heteroatoms. The summed E-state index contributed by atoms with van der Waals surface area (Å²) in [5, 5.41) is 2.11. The highest BCUT2D eigenvalue weighted by molar-refractivity contribution is 5.86. The van der Waals surface area contributed by atoms with Crippen LogP contribution in [0, 0.1) is 0 Å². The van der Waals surface area contributed by atoms with Crippen molar-refractivity contribution in [3.05, 3.63) is 72.3 Å². The molecular formula is C24H26N2O4. The summed E-state index contributed by atoms with van der Waals surface area (Å²) in [4.78, 5) is 24.1. The van der Waals surface area contributed by atoms with Crippen molar-refractivity contribution in [2.75, 3.05) is 6.61 Å². The third-order valence-corrected chi connectivity index (χ3v) is 4.64. The zero-order chi connectivity index (χ0) is 21.5. The maximum Gasteiger partial charge on any atom is 0.279 e. The molecule has 0 aromatic heterocycles. The molecular weight excluding hydrogens is 380 g/mol. The number of fused-ring (bicyclic) bond motifs is 1. The Morgan fingerprint density at radius 2 is 1.50 bits per heavy atom. The number of amides is 2. The second kappa shape index (κ2) is 9.78. The second-order valence-electron chi connectivity index (χ2n) is 7.32. The Bertz CT molecular complexity index is 1020. The molecule has 3 aromatic rings. The molecule has 30 heavy (non-hydrogen) atoms. The van der Waals surface area contributed by atoms with E-state index >= 15 is 0 Å². The van der Waals surface area contributed by atoms with Crippen LogP contribution in [0.5, 0.6) is 11.5 Å². The molecule has 6 nitrogen and oxygen atoms in total. The van der Waals surface area contributed by atoms with Gasteiger partial charge in [0.05, 0.1) is 0 Å². The summed E-state index contributed by atoms with van der Waals surface area (Å²) < 4.78 is 11.1. The van der Waals surface area contributed by atoms with E-state index in [2.05, 4.69) is 24.7 Å². The summed E-state index contributed by atoms with van der Waals surface area (Å²) in [6.45, 7) is 5.62. The van der Waals surface area contributed by atoms with Crippen molar-refractivity contribution < 1.29 is 19.1 Å². The Labute approximate surface area is 176 Å². The van der Waals surface area contributed by atoms with Crippen LogP contribution in [0.15, 0.2) is 66.7 Å². The molecule has 0 saturated heterocycles. The number of hydrogen-bond acceptors (Lipinski definition) is 4. The summed E-state index contributed by atoms with van der Waals surface area (Å²) in [5.74, 6) is 0.674. The van der Waals surface area contributed by atoms with Crippen LogP contribution in [0.25, 0.3) is 10.8 Å². The molecule has 156 valence electrons. The van der Waals surface area contributed by atoms with Crippen LogP contribution < -0.4 is 20.3 Å². The van der Waals surface area contributed by atoms with Gasteiger partial charge in [-0.15, -0.1) is 0 Å². The van der Waals surface area contributed by atoms with E-state index < -0.39 is 17.9 Å². The lowest BCUT2D eigenvalue weighted by molar-refractivity contribution is -0.133. The van der Waals surface area contributed by atoms with Gasteiger partial charge in [-0.3, -0.25) is 20.4 Å². The van der Waals surface area contributed by atoms with E-state index in [1.165, 1.54) is 5.56 Å². The zero-order valence-electron chi connectivity index (χ0n) is 17.3. The molecule has 3 aromatic carbocycles. The molecule has 3 rings (SSSR count). The maximum absolute atomic E-state index is 12.2. The largest absolute Gasteiger partial charge is 0.484 e. The lowest BCUT2D eigenvalue weighted by Gasteiger charge is -2.16. The molecule has 2 N–H and O–H groups in total. The van der Waals surface area contributed by atoms with Crippen molar-refractivity contribution in [1.82, 2.24) is 10.9 Å². The fraction of sp³-hybridized carbons (Fsp3) is 0.250. The first-order valence-electron chi connectivity index (χ1n) is 9.89. The van der Waals surface area contributed by atoms with Crippen LogP contribution in [-0.2, 0) is 9.59 Å². The highest BCUT2D eigenvalue weighted by Gasteiger charge is 2.16. The molecule has 2 amide bonds. The van der Waals surface area contributed by atoms with Crippen molar-refractivity contribution in [2.45, 2.75) is 32.8 Å². The highest BCUT2D eigenvalue weighted by Crippen LogP contribution is 2.21. The molecule has 0 heterocycles. The van der Waals surface area contributed by atoms with E-state index in [9.17, 15) is 9.59 Å². The Hall–Kier alpha value is -3.54. The first kappa shape index (κ1) is 21.2. The zero-order valence-corrected chi connectivity index (χ0v) is 17.3. The fourth-order valence-corrected chi connectivity index (χ4v) is 2.87. The van der Waals surface area contributed by atoms with E-state index in [1.54, 1.807) is 6.92 Å². The van der Waals surface area contributed by atoms with Gasteiger partial charge in [0.25, 0.3) is 11.8 Å². The van der Waals surface area contributed by atoms with Gasteiger partial charge in [0.2, 0.25) is 0 Å². The number of carbonyl (C=O) groups excluding carboxylic acids is 2. The average Bonchev–Trinajstić information content (AvgIpc) is 2.76. The second-order valence-corrected chi connectivity index (χ2v) is 7.32. The van der Waals surface area contributed by atoms with E-state index in [0.29, 0.717) is 17.4 Å². The molecule has 0 saturated carbocycles. The Balaban J connectivity index is 1.43. The van der Waals surface area contributed by atoms with Gasteiger partial charge in [-0.1, -0.05) is 56.3 Å². The van der Waals surface area contributed by atoms with Crippen LogP contribution in [0.2, 0.25) is 0 Å². The van der Waals surface area contributed by atoms with Gasteiger partial charge >= 0.3 is 0 Å². The highest BCUT2D eigenvalue weighted by atomic mass is 16.5. The number of hydrazine groups is 1. The van der Waals surface area contributed by atoms with Crippen LogP contribution in [0.1, 0.15) is 32.3 Å². The molecule has 0 radical (unpaired) electrons. The SMILES string of the molecule is CC(C)c1ccc(OCC(=O)NNC(=O)[C@H](C)Oc2ccc3ccccc3c2)cc1. The smallest absolute Gasteiger partial charge is 0.279 e. The molecule has 1 atom stereocenters. The molecule has 0 spiro atoms. The third kappa shape index (κ3) is 5.73. The Kier molecular flexibility index (Phi) is 6.91. The molecule has 0 unspecified atom stereocenters. The first-order chi connectivity index (χ1) is 14.4. The minimum absolute atomic E-state index is 0.207. The number of rotatable bonds is 7. The quantitative estimate of drug-likeness (QED) is 0.583. The molecule has 0 aliphatic rings. The first-order valence-corrected chi connectivity index (χ1v) is 9.89. The van der Waals surface area contributed by atoms with E-state index in [4.69, 9.17) is 9.47 Å². The summed E-state index contributed by atoms with van der Waals surface area (Å²) in [5.41, 5.74) is 5.89. The summed E-state index contributed by atoms with van der Waals surface area (Å²) >= 11 is 0. The van der Waals surface area contributed by atoms with Crippen molar-refractivity contribution in [2.24, 2.45) is 0 Å². The topological polar surface area (TPSA) is 76.7 Å². The summed E-state index contributed by atoms with van der Waals surface area (Å²) in [6.07, 6.45) is -0.782. The number of hydrogen-bond donors (Lipinski definition) is 2. The van der Waals surface area contributed by atoms with Gasteiger partial charge < -0.3 is 9.47 Å². The van der Waals surface area contributed by atoms with Crippen molar-refractivity contribution >= 4 is 22.6 Å². The van der Waals surface area contributed by atoms with Gasteiger partial charge in [0.1, 0.15) is 11.5 Å². The number of ether oxygens (including phenoxy) is 2. The predicted molar refractivity (Wildman–Crippen MR) is 116 cm³/mol. The van der Waals surface area contributed by atoms with Gasteiger partial charge in [-0.05, 0) is 53.4 Å². The van der Waals surface area contributed by atoms with Crippen molar-refractivity contribution in [1.29, 1.82) is 0 Å². The lowest BCUT2D eigenvalue weighted by atomic mass is 10.0. The predicted octanol–water partition coefficient (Wildman–Crippen LogP) is 3.96. The maximum atomic E-state index is 12.2. The summed E-state index contributed by atoms with van der Waals surface area (Å²) in [7, 11) is 0. The van der Waals surface area contributed by atoms with Crippen LogP contribution in [0.4, 0.5) is 0 Å². The number of carbonyl (C=O) groups is 2. The Morgan fingerprint density at radius 1 is 0.833 bits per heavy atom. The number of nitrogens with one attached hydrogen (secondary N) is 2.